The Morgan fingerprint density at radius 1 is 1.18 bits per heavy atom. The Bertz CT molecular complexity index is 568. The summed E-state index contributed by atoms with van der Waals surface area (Å²) >= 11 is 0. The summed E-state index contributed by atoms with van der Waals surface area (Å²) in [5.41, 5.74) is 5.60. The average molecular weight is 400 g/mol. The van der Waals surface area contributed by atoms with Crippen molar-refractivity contribution in [2.75, 3.05) is 13.2 Å². The first-order valence-corrected chi connectivity index (χ1v) is 9.53. The van der Waals surface area contributed by atoms with Gasteiger partial charge >= 0.3 is 0 Å². The molecule has 0 bridgehead atoms. The van der Waals surface area contributed by atoms with Crippen LogP contribution in [0.3, 0.4) is 0 Å². The molecule has 28 heavy (non-hydrogen) atoms. The highest BCUT2D eigenvalue weighted by molar-refractivity contribution is 5.93. The quantitative estimate of drug-likeness (QED) is 0.262. The van der Waals surface area contributed by atoms with Crippen LogP contribution in [0.4, 0.5) is 0 Å². The minimum absolute atomic E-state index is 0.0418. The van der Waals surface area contributed by atoms with Crippen LogP contribution >= 0.6 is 0 Å². The number of aldehydes is 1. The topological polar surface area (TPSA) is 162 Å². The van der Waals surface area contributed by atoms with Gasteiger partial charge < -0.3 is 36.3 Å². The molecule has 160 valence electrons. The Morgan fingerprint density at radius 3 is 2.29 bits per heavy atom. The van der Waals surface area contributed by atoms with Gasteiger partial charge in [0.25, 0.3) is 0 Å². The van der Waals surface area contributed by atoms with E-state index in [9.17, 15) is 29.4 Å². The van der Waals surface area contributed by atoms with Gasteiger partial charge in [0, 0.05) is 6.54 Å². The number of aliphatic hydroxyl groups excluding tert-OH is 2. The second-order valence-corrected chi connectivity index (χ2v) is 7.58. The number of amides is 3. The first-order valence-electron chi connectivity index (χ1n) is 9.53. The summed E-state index contributed by atoms with van der Waals surface area (Å²) in [5, 5.41) is 24.0. The Labute approximate surface area is 164 Å². The molecule has 3 amide bonds. The third-order valence-corrected chi connectivity index (χ3v) is 4.70. The molecule has 1 aliphatic heterocycles. The van der Waals surface area contributed by atoms with Crippen molar-refractivity contribution in [3.8, 4) is 0 Å². The normalized spacial score (nSPS) is 21.0. The zero-order valence-electron chi connectivity index (χ0n) is 16.6. The minimum atomic E-state index is -1.22. The summed E-state index contributed by atoms with van der Waals surface area (Å²) in [6.07, 6.45) is 1.08. The van der Waals surface area contributed by atoms with E-state index in [2.05, 4.69) is 10.6 Å². The highest BCUT2D eigenvalue weighted by Crippen LogP contribution is 2.16. The molecule has 0 aromatic carbocycles. The van der Waals surface area contributed by atoms with Crippen LogP contribution in [0.2, 0.25) is 0 Å². The van der Waals surface area contributed by atoms with Gasteiger partial charge in [0.1, 0.15) is 24.4 Å². The fourth-order valence-electron chi connectivity index (χ4n) is 3.06. The number of carbonyl (C=O) groups is 4. The Morgan fingerprint density at radius 2 is 1.79 bits per heavy atom. The maximum Gasteiger partial charge on any atom is 0.248 e. The van der Waals surface area contributed by atoms with E-state index in [1.165, 1.54) is 11.8 Å². The standard InChI is InChI=1S/C18H32N4O6/c1-10(2)7-13(20-17(27)15(19)11(3)25)16(26)21-14(9-24)18(28)22-6-4-5-12(22)8-23/h8,10-15,24-25H,4-7,9,19H2,1-3H3,(H,20,27)(H,21,26)/t11-,12+,13+,14+,15+/m1/s1. The molecule has 6 N–H and O–H groups in total. The molecule has 1 saturated heterocycles. The summed E-state index contributed by atoms with van der Waals surface area (Å²) in [7, 11) is 0. The summed E-state index contributed by atoms with van der Waals surface area (Å²) < 4.78 is 0. The third-order valence-electron chi connectivity index (χ3n) is 4.70. The molecule has 0 spiro atoms. The zero-order chi connectivity index (χ0) is 21.4. The molecule has 1 rings (SSSR count). The molecule has 0 aromatic heterocycles. The van der Waals surface area contributed by atoms with Crippen molar-refractivity contribution in [2.24, 2.45) is 11.7 Å². The van der Waals surface area contributed by atoms with E-state index in [0.717, 1.165) is 0 Å². The number of hydrogen-bond acceptors (Lipinski definition) is 7. The highest BCUT2D eigenvalue weighted by Gasteiger charge is 2.35. The number of rotatable bonds is 10. The lowest BCUT2D eigenvalue weighted by molar-refractivity contribution is -0.140. The van der Waals surface area contributed by atoms with E-state index in [-0.39, 0.29) is 12.3 Å². The smallest absolute Gasteiger partial charge is 0.248 e. The van der Waals surface area contributed by atoms with Crippen LogP contribution in [-0.2, 0) is 19.2 Å². The van der Waals surface area contributed by atoms with E-state index < -0.39 is 54.6 Å². The van der Waals surface area contributed by atoms with Gasteiger partial charge in [0.2, 0.25) is 17.7 Å². The molecular formula is C18H32N4O6. The van der Waals surface area contributed by atoms with Crippen LogP contribution in [0.15, 0.2) is 0 Å². The van der Waals surface area contributed by atoms with Gasteiger partial charge in [0.15, 0.2) is 0 Å². The van der Waals surface area contributed by atoms with E-state index in [4.69, 9.17) is 5.73 Å². The lowest BCUT2D eigenvalue weighted by atomic mass is 10.0. The van der Waals surface area contributed by atoms with E-state index in [1.807, 2.05) is 13.8 Å². The first-order chi connectivity index (χ1) is 13.1. The SMILES string of the molecule is CC(C)C[C@H](NC(=O)[C@@H](N)[C@@H](C)O)C(=O)N[C@@H](CO)C(=O)N1CCC[C@H]1C=O. The van der Waals surface area contributed by atoms with Crippen LogP contribution in [0.1, 0.15) is 40.0 Å². The van der Waals surface area contributed by atoms with Gasteiger partial charge in [-0.3, -0.25) is 14.4 Å². The largest absolute Gasteiger partial charge is 0.394 e. The molecule has 0 aromatic rings. The third kappa shape index (κ3) is 6.54. The molecule has 10 nitrogen and oxygen atoms in total. The molecule has 0 radical (unpaired) electrons. The maximum atomic E-state index is 12.7. The van der Waals surface area contributed by atoms with Crippen LogP contribution in [0.25, 0.3) is 0 Å². The number of carbonyl (C=O) groups excluding carboxylic acids is 4. The molecule has 0 aliphatic carbocycles. The molecule has 0 saturated carbocycles. The second-order valence-electron chi connectivity index (χ2n) is 7.58. The van der Waals surface area contributed by atoms with Gasteiger partial charge in [0.05, 0.1) is 18.8 Å². The van der Waals surface area contributed by atoms with E-state index in [1.54, 1.807) is 0 Å². The van der Waals surface area contributed by atoms with Crippen molar-refractivity contribution >= 4 is 24.0 Å². The Balaban J connectivity index is 2.84. The lowest BCUT2D eigenvalue weighted by Gasteiger charge is -2.28. The van der Waals surface area contributed by atoms with Crippen molar-refractivity contribution in [3.63, 3.8) is 0 Å². The molecule has 0 unspecified atom stereocenters. The minimum Gasteiger partial charge on any atom is -0.394 e. The van der Waals surface area contributed by atoms with Crippen molar-refractivity contribution in [3.05, 3.63) is 0 Å². The predicted octanol–water partition coefficient (Wildman–Crippen LogP) is -2.11. The molecule has 1 fully saturated rings. The van der Waals surface area contributed by atoms with Gasteiger partial charge in [-0.2, -0.15) is 0 Å². The lowest BCUT2D eigenvalue weighted by Crippen LogP contribution is -2.58. The zero-order valence-corrected chi connectivity index (χ0v) is 16.6. The van der Waals surface area contributed by atoms with Crippen LogP contribution < -0.4 is 16.4 Å². The molecule has 5 atom stereocenters. The van der Waals surface area contributed by atoms with Crippen molar-refractivity contribution in [2.45, 2.75) is 70.3 Å². The Kier molecular flexibility index (Phi) is 9.50. The fourth-order valence-corrected chi connectivity index (χ4v) is 3.06. The number of nitrogens with zero attached hydrogens (tertiary/aromatic N) is 1. The first kappa shape index (κ1) is 24.0. The highest BCUT2D eigenvalue weighted by atomic mass is 16.3. The maximum absolute atomic E-state index is 12.7. The summed E-state index contributed by atoms with van der Waals surface area (Å²) in [4.78, 5) is 49.8. The number of nitrogens with two attached hydrogens (primary N) is 1. The fraction of sp³-hybridized carbons (Fsp3) is 0.778. The van der Waals surface area contributed by atoms with Crippen molar-refractivity contribution in [1.29, 1.82) is 0 Å². The summed E-state index contributed by atoms with van der Waals surface area (Å²) in [5.74, 6) is -1.83. The van der Waals surface area contributed by atoms with Gasteiger partial charge in [-0.25, -0.2) is 0 Å². The van der Waals surface area contributed by atoms with Crippen LogP contribution in [-0.4, -0.2) is 82.5 Å². The summed E-state index contributed by atoms with van der Waals surface area (Å²) in [6, 6.07) is -3.96. The predicted molar refractivity (Wildman–Crippen MR) is 101 cm³/mol. The second kappa shape index (κ2) is 11.1. The van der Waals surface area contributed by atoms with E-state index >= 15 is 0 Å². The Hall–Kier alpha value is -2.04. The number of likely N-dealkylation sites (tertiary alicyclic amines) is 1. The summed E-state index contributed by atoms with van der Waals surface area (Å²) in [6.45, 7) is 4.82. The average Bonchev–Trinajstić information content (AvgIpc) is 3.12. The molecular weight excluding hydrogens is 368 g/mol. The van der Waals surface area contributed by atoms with Gasteiger partial charge in [-0.15, -0.1) is 0 Å². The molecule has 1 aliphatic rings. The van der Waals surface area contributed by atoms with Gasteiger partial charge in [-0.05, 0) is 32.1 Å². The van der Waals surface area contributed by atoms with Crippen LogP contribution in [0, 0.1) is 5.92 Å². The van der Waals surface area contributed by atoms with Crippen molar-refractivity contribution < 1.29 is 29.4 Å². The molecule has 1 heterocycles. The molecule has 10 heteroatoms. The monoisotopic (exact) mass is 400 g/mol. The number of nitrogens with one attached hydrogen (secondary N) is 2. The van der Waals surface area contributed by atoms with E-state index in [0.29, 0.717) is 25.7 Å². The number of aliphatic hydroxyl groups is 2. The number of hydrogen-bond donors (Lipinski definition) is 5. The van der Waals surface area contributed by atoms with Crippen molar-refractivity contribution in [1.82, 2.24) is 15.5 Å². The van der Waals surface area contributed by atoms with Gasteiger partial charge in [-0.1, -0.05) is 13.8 Å². The van der Waals surface area contributed by atoms with Crippen LogP contribution in [0.5, 0.6) is 0 Å².